The number of benzene rings is 1. The number of amides is 3. The molecule has 0 saturated heterocycles. The highest BCUT2D eigenvalue weighted by atomic mass is 16.2. The number of nitrogens with one attached hydrogen (secondary N) is 3. The van der Waals surface area contributed by atoms with Crippen LogP contribution in [0.3, 0.4) is 0 Å². The normalized spacial score (nSPS) is 11.8. The Morgan fingerprint density at radius 1 is 1.00 bits per heavy atom. The summed E-state index contributed by atoms with van der Waals surface area (Å²) in [6.07, 6.45) is 1.18. The SMILES string of the molecule is CC(C)NC(=O)CCNC(=O)NCCC(C)c1ccccc1. The van der Waals surface area contributed by atoms with Crippen molar-refractivity contribution in [2.45, 2.75) is 45.6 Å². The average molecular weight is 305 g/mol. The highest BCUT2D eigenvalue weighted by Gasteiger charge is 2.07. The maximum atomic E-state index is 11.6. The summed E-state index contributed by atoms with van der Waals surface area (Å²) in [5.74, 6) is 0.353. The van der Waals surface area contributed by atoms with Gasteiger partial charge < -0.3 is 16.0 Å². The maximum absolute atomic E-state index is 11.6. The highest BCUT2D eigenvalue weighted by Crippen LogP contribution is 2.17. The molecular formula is C17H27N3O2. The fourth-order valence-electron chi connectivity index (χ4n) is 2.10. The van der Waals surface area contributed by atoms with Gasteiger partial charge in [0.15, 0.2) is 0 Å². The molecule has 0 aliphatic rings. The minimum absolute atomic E-state index is 0.0481. The van der Waals surface area contributed by atoms with E-state index < -0.39 is 0 Å². The van der Waals surface area contributed by atoms with Crippen LogP contribution in [0.15, 0.2) is 30.3 Å². The minimum atomic E-state index is -0.224. The summed E-state index contributed by atoms with van der Waals surface area (Å²) in [4.78, 5) is 23.0. The number of hydrogen-bond donors (Lipinski definition) is 3. The first-order chi connectivity index (χ1) is 10.5. The number of urea groups is 1. The van der Waals surface area contributed by atoms with E-state index in [0.29, 0.717) is 25.4 Å². The van der Waals surface area contributed by atoms with E-state index in [4.69, 9.17) is 0 Å². The van der Waals surface area contributed by atoms with Crippen LogP contribution in [0.5, 0.6) is 0 Å². The van der Waals surface area contributed by atoms with E-state index >= 15 is 0 Å². The molecule has 0 spiro atoms. The average Bonchev–Trinajstić information content (AvgIpc) is 2.47. The lowest BCUT2D eigenvalue weighted by molar-refractivity contribution is -0.121. The Hall–Kier alpha value is -2.04. The minimum Gasteiger partial charge on any atom is -0.354 e. The topological polar surface area (TPSA) is 70.2 Å². The van der Waals surface area contributed by atoms with Crippen LogP contribution in [0.4, 0.5) is 4.79 Å². The number of carbonyl (C=O) groups is 2. The van der Waals surface area contributed by atoms with Crippen molar-refractivity contribution in [3.63, 3.8) is 0 Å². The predicted molar refractivity (Wildman–Crippen MR) is 88.8 cm³/mol. The summed E-state index contributed by atoms with van der Waals surface area (Å²) >= 11 is 0. The third-order valence-electron chi connectivity index (χ3n) is 3.32. The molecule has 0 aliphatic carbocycles. The van der Waals surface area contributed by atoms with Gasteiger partial charge in [-0.3, -0.25) is 4.79 Å². The standard InChI is InChI=1S/C17H27N3O2/c1-13(2)20-16(21)10-12-19-17(22)18-11-9-14(3)15-7-5-4-6-8-15/h4-8,13-14H,9-12H2,1-3H3,(H,20,21)(H2,18,19,22). The maximum Gasteiger partial charge on any atom is 0.314 e. The molecule has 5 nitrogen and oxygen atoms in total. The Balaban J connectivity index is 2.12. The van der Waals surface area contributed by atoms with Crippen LogP contribution in [0.25, 0.3) is 0 Å². The van der Waals surface area contributed by atoms with Gasteiger partial charge in [-0.2, -0.15) is 0 Å². The Bertz CT molecular complexity index is 460. The lowest BCUT2D eigenvalue weighted by atomic mass is 9.98. The van der Waals surface area contributed by atoms with E-state index in [-0.39, 0.29) is 18.0 Å². The van der Waals surface area contributed by atoms with Crippen LogP contribution in [0, 0.1) is 0 Å². The lowest BCUT2D eigenvalue weighted by Crippen LogP contribution is -2.39. The van der Waals surface area contributed by atoms with Crippen LogP contribution in [0.1, 0.15) is 45.1 Å². The molecule has 0 radical (unpaired) electrons. The van der Waals surface area contributed by atoms with Gasteiger partial charge in [0.25, 0.3) is 0 Å². The molecule has 1 aromatic carbocycles. The molecular weight excluding hydrogens is 278 g/mol. The van der Waals surface area contributed by atoms with Crippen molar-refractivity contribution in [2.24, 2.45) is 0 Å². The van der Waals surface area contributed by atoms with Gasteiger partial charge in [-0.25, -0.2) is 4.79 Å². The van der Waals surface area contributed by atoms with Crippen molar-refractivity contribution in [2.75, 3.05) is 13.1 Å². The highest BCUT2D eigenvalue weighted by molar-refractivity contribution is 5.78. The fraction of sp³-hybridized carbons (Fsp3) is 0.529. The van der Waals surface area contributed by atoms with E-state index in [0.717, 1.165) is 6.42 Å². The van der Waals surface area contributed by atoms with Crippen molar-refractivity contribution in [1.82, 2.24) is 16.0 Å². The molecule has 0 aliphatic heterocycles. The van der Waals surface area contributed by atoms with Crippen molar-refractivity contribution in [3.05, 3.63) is 35.9 Å². The van der Waals surface area contributed by atoms with Gasteiger partial charge in [-0.15, -0.1) is 0 Å². The van der Waals surface area contributed by atoms with E-state index in [1.165, 1.54) is 5.56 Å². The van der Waals surface area contributed by atoms with Crippen molar-refractivity contribution in [3.8, 4) is 0 Å². The van der Waals surface area contributed by atoms with E-state index in [1.54, 1.807) is 0 Å². The Kier molecular flexibility index (Phi) is 8.04. The zero-order valence-corrected chi connectivity index (χ0v) is 13.7. The summed E-state index contributed by atoms with van der Waals surface area (Å²) in [5.41, 5.74) is 1.27. The molecule has 5 heteroatoms. The van der Waals surface area contributed by atoms with Crippen LogP contribution < -0.4 is 16.0 Å². The first-order valence-electron chi connectivity index (χ1n) is 7.85. The van der Waals surface area contributed by atoms with Crippen LogP contribution in [0.2, 0.25) is 0 Å². The largest absolute Gasteiger partial charge is 0.354 e. The summed E-state index contributed by atoms with van der Waals surface area (Å²) < 4.78 is 0. The van der Waals surface area contributed by atoms with Gasteiger partial charge in [-0.1, -0.05) is 37.3 Å². The van der Waals surface area contributed by atoms with Gasteiger partial charge in [-0.05, 0) is 31.7 Å². The van der Waals surface area contributed by atoms with E-state index in [9.17, 15) is 9.59 Å². The Morgan fingerprint density at radius 2 is 1.64 bits per heavy atom. The van der Waals surface area contributed by atoms with Crippen molar-refractivity contribution >= 4 is 11.9 Å². The molecule has 3 amide bonds. The third kappa shape index (κ3) is 7.67. The Labute approximate surface area is 132 Å². The number of hydrogen-bond acceptors (Lipinski definition) is 2. The third-order valence-corrected chi connectivity index (χ3v) is 3.32. The predicted octanol–water partition coefficient (Wildman–Crippen LogP) is 2.39. The lowest BCUT2D eigenvalue weighted by Gasteiger charge is -2.13. The van der Waals surface area contributed by atoms with Gasteiger partial charge in [0.05, 0.1) is 0 Å². The Morgan fingerprint density at radius 3 is 2.27 bits per heavy atom. The van der Waals surface area contributed by atoms with Crippen molar-refractivity contribution < 1.29 is 9.59 Å². The van der Waals surface area contributed by atoms with Crippen LogP contribution in [-0.4, -0.2) is 31.1 Å². The molecule has 22 heavy (non-hydrogen) atoms. The first-order valence-corrected chi connectivity index (χ1v) is 7.85. The molecule has 0 aromatic heterocycles. The molecule has 1 atom stereocenters. The number of rotatable bonds is 8. The second-order valence-electron chi connectivity index (χ2n) is 5.76. The number of carbonyl (C=O) groups excluding carboxylic acids is 2. The van der Waals surface area contributed by atoms with Gasteiger partial charge >= 0.3 is 6.03 Å². The molecule has 1 aromatic rings. The second-order valence-corrected chi connectivity index (χ2v) is 5.76. The molecule has 0 saturated carbocycles. The zero-order valence-electron chi connectivity index (χ0n) is 13.7. The van der Waals surface area contributed by atoms with Crippen LogP contribution in [-0.2, 0) is 4.79 Å². The molecule has 0 heterocycles. The smallest absolute Gasteiger partial charge is 0.314 e. The van der Waals surface area contributed by atoms with E-state index in [1.807, 2.05) is 32.0 Å². The molecule has 0 bridgehead atoms. The van der Waals surface area contributed by atoms with Crippen LogP contribution >= 0.6 is 0 Å². The molecule has 0 fully saturated rings. The molecule has 3 N–H and O–H groups in total. The molecule has 1 unspecified atom stereocenters. The van der Waals surface area contributed by atoms with E-state index in [2.05, 4.69) is 35.0 Å². The van der Waals surface area contributed by atoms with Crippen molar-refractivity contribution in [1.29, 1.82) is 0 Å². The van der Waals surface area contributed by atoms with Gasteiger partial charge in [0.2, 0.25) is 5.91 Å². The molecule has 1 rings (SSSR count). The summed E-state index contributed by atoms with van der Waals surface area (Å²) in [6, 6.07) is 10.1. The van der Waals surface area contributed by atoms with Gasteiger partial charge in [0.1, 0.15) is 0 Å². The van der Waals surface area contributed by atoms with Gasteiger partial charge in [0, 0.05) is 25.6 Å². The zero-order chi connectivity index (χ0) is 16.4. The monoisotopic (exact) mass is 305 g/mol. The summed E-state index contributed by atoms with van der Waals surface area (Å²) in [5, 5.41) is 8.29. The second kappa shape index (κ2) is 9.82. The first kappa shape index (κ1) is 18.0. The summed E-state index contributed by atoms with van der Waals surface area (Å²) in [7, 11) is 0. The summed E-state index contributed by atoms with van der Waals surface area (Å²) in [6.45, 7) is 6.92. The fourth-order valence-corrected chi connectivity index (χ4v) is 2.10. The molecule has 122 valence electrons. The quantitative estimate of drug-likeness (QED) is 0.690.